The lowest BCUT2D eigenvalue weighted by molar-refractivity contribution is -0.118. The van der Waals surface area contributed by atoms with Crippen molar-refractivity contribution in [3.05, 3.63) is 22.7 Å². The minimum atomic E-state index is -0.282. The van der Waals surface area contributed by atoms with Gasteiger partial charge in [0.1, 0.15) is 0 Å². The van der Waals surface area contributed by atoms with Crippen molar-refractivity contribution in [1.29, 1.82) is 0 Å². The van der Waals surface area contributed by atoms with Crippen LogP contribution in [0.5, 0.6) is 11.5 Å². The van der Waals surface area contributed by atoms with Crippen LogP contribution < -0.4 is 20.5 Å². The maximum absolute atomic E-state index is 10.6. The van der Waals surface area contributed by atoms with Gasteiger partial charge in [0.2, 0.25) is 5.91 Å². The smallest absolute Gasteiger partial charge is 0.217 e. The SMILES string of the molecule is COc1cc(CNCCCC(N)=O)cc(Cl)c1OC. The van der Waals surface area contributed by atoms with Gasteiger partial charge in [0.15, 0.2) is 11.5 Å². The summed E-state index contributed by atoms with van der Waals surface area (Å²) in [6.45, 7) is 1.35. The quantitative estimate of drug-likeness (QED) is 0.714. The molecule has 3 N–H and O–H groups in total. The number of nitrogens with two attached hydrogens (primary N) is 1. The Morgan fingerprint density at radius 2 is 2.11 bits per heavy atom. The summed E-state index contributed by atoms with van der Waals surface area (Å²) in [6.07, 6.45) is 1.11. The van der Waals surface area contributed by atoms with Gasteiger partial charge in [-0.25, -0.2) is 0 Å². The summed E-state index contributed by atoms with van der Waals surface area (Å²) in [5, 5.41) is 3.72. The standard InChI is InChI=1S/C13H19ClN2O3/c1-18-11-7-9(6-10(14)13(11)19-2)8-16-5-3-4-12(15)17/h6-7,16H,3-5,8H2,1-2H3,(H2,15,17). The first-order chi connectivity index (χ1) is 9.08. The van der Waals surface area contributed by atoms with Gasteiger partial charge in [0, 0.05) is 13.0 Å². The van der Waals surface area contributed by atoms with Crippen LogP contribution in [0.3, 0.4) is 0 Å². The lowest BCUT2D eigenvalue weighted by atomic mass is 10.2. The number of primary amides is 1. The van der Waals surface area contributed by atoms with Crippen LogP contribution in [-0.2, 0) is 11.3 Å². The molecule has 0 saturated heterocycles. The van der Waals surface area contributed by atoms with E-state index in [1.807, 2.05) is 12.1 Å². The first-order valence-electron chi connectivity index (χ1n) is 5.98. The number of methoxy groups -OCH3 is 2. The molecule has 0 atom stereocenters. The van der Waals surface area contributed by atoms with Crippen LogP contribution in [-0.4, -0.2) is 26.7 Å². The molecule has 0 unspecified atom stereocenters. The number of hydrogen-bond acceptors (Lipinski definition) is 4. The van der Waals surface area contributed by atoms with Crippen LogP contribution in [0.1, 0.15) is 18.4 Å². The van der Waals surface area contributed by atoms with Crippen LogP contribution in [0.2, 0.25) is 5.02 Å². The first-order valence-corrected chi connectivity index (χ1v) is 6.35. The van der Waals surface area contributed by atoms with Crippen LogP contribution in [0.25, 0.3) is 0 Å². The second kappa shape index (κ2) is 7.86. The number of carbonyl (C=O) groups is 1. The van der Waals surface area contributed by atoms with Crippen molar-refractivity contribution in [3.8, 4) is 11.5 Å². The van der Waals surface area contributed by atoms with Gasteiger partial charge in [-0.3, -0.25) is 4.79 Å². The summed E-state index contributed by atoms with van der Waals surface area (Å²) in [6, 6.07) is 3.69. The molecule has 0 spiro atoms. The third kappa shape index (κ3) is 4.96. The number of halogens is 1. The van der Waals surface area contributed by atoms with Gasteiger partial charge < -0.3 is 20.5 Å². The largest absolute Gasteiger partial charge is 0.493 e. The maximum Gasteiger partial charge on any atom is 0.217 e. The van der Waals surface area contributed by atoms with Crippen molar-refractivity contribution in [1.82, 2.24) is 5.32 Å². The Bertz CT molecular complexity index is 438. The number of rotatable bonds is 8. The predicted octanol–water partition coefficient (Wildman–Crippen LogP) is 1.71. The molecule has 0 saturated carbocycles. The van der Waals surface area contributed by atoms with E-state index in [0.717, 1.165) is 18.5 Å². The average Bonchev–Trinajstić information content (AvgIpc) is 2.37. The van der Waals surface area contributed by atoms with Gasteiger partial charge in [0.05, 0.1) is 19.2 Å². The molecular formula is C13H19ClN2O3. The molecule has 5 nitrogen and oxygen atoms in total. The molecule has 0 aliphatic rings. The fraction of sp³-hybridized carbons (Fsp3) is 0.462. The van der Waals surface area contributed by atoms with Gasteiger partial charge >= 0.3 is 0 Å². The molecule has 0 aromatic heterocycles. The summed E-state index contributed by atoms with van der Waals surface area (Å²) < 4.78 is 10.4. The molecule has 0 aliphatic carbocycles. The van der Waals surface area contributed by atoms with Crippen molar-refractivity contribution in [2.24, 2.45) is 5.73 Å². The highest BCUT2D eigenvalue weighted by Crippen LogP contribution is 2.35. The van der Waals surface area contributed by atoms with Crippen LogP contribution in [0.15, 0.2) is 12.1 Å². The van der Waals surface area contributed by atoms with E-state index in [1.54, 1.807) is 14.2 Å². The molecule has 0 aliphatic heterocycles. The summed E-state index contributed by atoms with van der Waals surface area (Å²) in [5.74, 6) is 0.849. The molecule has 0 radical (unpaired) electrons. The number of ether oxygens (including phenoxy) is 2. The number of hydrogen-bond donors (Lipinski definition) is 2. The van der Waals surface area contributed by atoms with Crippen molar-refractivity contribution in [2.45, 2.75) is 19.4 Å². The van der Waals surface area contributed by atoms with E-state index in [2.05, 4.69) is 5.32 Å². The normalized spacial score (nSPS) is 10.3. The maximum atomic E-state index is 10.6. The highest BCUT2D eigenvalue weighted by atomic mass is 35.5. The van der Waals surface area contributed by atoms with Crippen molar-refractivity contribution in [3.63, 3.8) is 0 Å². The van der Waals surface area contributed by atoms with Crippen molar-refractivity contribution >= 4 is 17.5 Å². The molecular weight excluding hydrogens is 268 g/mol. The molecule has 1 aromatic rings. The van der Waals surface area contributed by atoms with Crippen LogP contribution in [0, 0.1) is 0 Å². The zero-order valence-electron chi connectivity index (χ0n) is 11.2. The van der Waals surface area contributed by atoms with E-state index < -0.39 is 0 Å². The monoisotopic (exact) mass is 286 g/mol. The Morgan fingerprint density at radius 1 is 1.37 bits per heavy atom. The van der Waals surface area contributed by atoms with Gasteiger partial charge in [-0.15, -0.1) is 0 Å². The summed E-state index contributed by atoms with van der Waals surface area (Å²) in [4.78, 5) is 10.6. The second-order valence-corrected chi connectivity index (χ2v) is 4.47. The Balaban J connectivity index is 2.55. The van der Waals surface area contributed by atoms with E-state index in [-0.39, 0.29) is 5.91 Å². The molecule has 6 heteroatoms. The third-order valence-electron chi connectivity index (χ3n) is 2.60. The lowest BCUT2D eigenvalue weighted by Gasteiger charge is -2.12. The van der Waals surface area contributed by atoms with Gasteiger partial charge in [-0.05, 0) is 30.7 Å². The highest BCUT2D eigenvalue weighted by molar-refractivity contribution is 6.32. The molecule has 1 aromatic carbocycles. The first kappa shape index (κ1) is 15.6. The minimum Gasteiger partial charge on any atom is -0.493 e. The molecule has 19 heavy (non-hydrogen) atoms. The second-order valence-electron chi connectivity index (χ2n) is 4.06. The van der Waals surface area contributed by atoms with E-state index in [0.29, 0.717) is 29.5 Å². The zero-order valence-corrected chi connectivity index (χ0v) is 11.9. The molecule has 0 fully saturated rings. The van der Waals surface area contributed by atoms with E-state index in [1.165, 1.54) is 0 Å². The fourth-order valence-electron chi connectivity index (χ4n) is 1.69. The van der Waals surface area contributed by atoms with Crippen molar-refractivity contribution in [2.75, 3.05) is 20.8 Å². The fourth-order valence-corrected chi connectivity index (χ4v) is 2.00. The van der Waals surface area contributed by atoms with Gasteiger partial charge in [-0.1, -0.05) is 11.6 Å². The van der Waals surface area contributed by atoms with Crippen molar-refractivity contribution < 1.29 is 14.3 Å². The summed E-state index contributed by atoms with van der Waals surface area (Å²) >= 11 is 6.10. The topological polar surface area (TPSA) is 73.6 Å². The molecule has 1 amide bonds. The summed E-state index contributed by atoms with van der Waals surface area (Å²) in [7, 11) is 3.11. The zero-order chi connectivity index (χ0) is 14.3. The Labute approximate surface area is 118 Å². The Hall–Kier alpha value is -1.46. The number of carbonyl (C=O) groups excluding carboxylic acids is 1. The van der Waals surface area contributed by atoms with Crippen LogP contribution in [0.4, 0.5) is 0 Å². The predicted molar refractivity (Wildman–Crippen MR) is 74.7 cm³/mol. The third-order valence-corrected chi connectivity index (χ3v) is 2.88. The number of nitrogens with one attached hydrogen (secondary N) is 1. The van der Waals surface area contributed by atoms with E-state index in [9.17, 15) is 4.79 Å². The molecule has 0 bridgehead atoms. The summed E-state index contributed by atoms with van der Waals surface area (Å²) in [5.41, 5.74) is 6.05. The average molecular weight is 287 g/mol. The van der Waals surface area contributed by atoms with Gasteiger partial charge in [0.25, 0.3) is 0 Å². The van der Waals surface area contributed by atoms with Crippen LogP contribution >= 0.6 is 11.6 Å². The highest BCUT2D eigenvalue weighted by Gasteiger charge is 2.10. The van der Waals surface area contributed by atoms with E-state index >= 15 is 0 Å². The molecule has 1 rings (SSSR count). The Morgan fingerprint density at radius 3 is 2.68 bits per heavy atom. The number of amides is 1. The molecule has 0 heterocycles. The molecule has 106 valence electrons. The lowest BCUT2D eigenvalue weighted by Crippen LogP contribution is -2.18. The van der Waals surface area contributed by atoms with Gasteiger partial charge in [-0.2, -0.15) is 0 Å². The Kier molecular flexibility index (Phi) is 6.45. The minimum absolute atomic E-state index is 0.282. The van der Waals surface area contributed by atoms with E-state index in [4.69, 9.17) is 26.8 Å². The number of benzene rings is 1.